The molecule has 0 radical (unpaired) electrons. The van der Waals surface area contributed by atoms with Crippen LogP contribution in [0.1, 0.15) is 24.2 Å². The maximum Gasteiger partial charge on any atom is 0.338 e. The first-order valence-corrected chi connectivity index (χ1v) is 6.47. The lowest BCUT2D eigenvalue weighted by Gasteiger charge is -2.13. The molecule has 0 fully saturated rings. The van der Waals surface area contributed by atoms with Crippen LogP contribution in [0.15, 0.2) is 24.3 Å². The lowest BCUT2D eigenvalue weighted by Crippen LogP contribution is -2.46. The molecule has 1 rings (SSSR count). The van der Waals surface area contributed by atoms with Crippen LogP contribution in [0.3, 0.4) is 0 Å². The Labute approximate surface area is 122 Å². The molecule has 0 bridgehead atoms. The normalized spacial score (nSPS) is 11.3. The van der Waals surface area contributed by atoms with E-state index in [-0.39, 0.29) is 17.2 Å². The predicted molar refractivity (Wildman–Crippen MR) is 74.7 cm³/mol. The number of aromatic hydroxyl groups is 1. The third-order valence-electron chi connectivity index (χ3n) is 2.54. The molecule has 0 unspecified atom stereocenters. The molecule has 0 aromatic heterocycles. The Bertz CT molecular complexity index is 530. The van der Waals surface area contributed by atoms with E-state index in [0.29, 0.717) is 6.54 Å². The fourth-order valence-corrected chi connectivity index (χ4v) is 1.52. The third-order valence-corrected chi connectivity index (χ3v) is 2.54. The number of benzene rings is 1. The first-order valence-electron chi connectivity index (χ1n) is 6.47. The van der Waals surface area contributed by atoms with Crippen molar-refractivity contribution in [1.82, 2.24) is 10.6 Å². The molecule has 1 atom stereocenters. The highest BCUT2D eigenvalue weighted by Crippen LogP contribution is 2.11. The molecule has 0 saturated carbocycles. The lowest BCUT2D eigenvalue weighted by molar-refractivity contribution is -0.130. The summed E-state index contributed by atoms with van der Waals surface area (Å²) in [6.07, 6.45) is 0. The van der Waals surface area contributed by atoms with Gasteiger partial charge in [0.25, 0.3) is 5.91 Å². The molecule has 0 aliphatic carbocycles. The summed E-state index contributed by atoms with van der Waals surface area (Å²) >= 11 is 0. The molecule has 2 amide bonds. The van der Waals surface area contributed by atoms with Gasteiger partial charge in [-0.3, -0.25) is 9.59 Å². The van der Waals surface area contributed by atoms with E-state index in [1.807, 2.05) is 0 Å². The quantitative estimate of drug-likeness (QED) is 0.650. The van der Waals surface area contributed by atoms with Gasteiger partial charge in [0.15, 0.2) is 6.61 Å². The van der Waals surface area contributed by atoms with Crippen molar-refractivity contribution in [2.75, 3.05) is 13.2 Å². The number of amides is 2. The van der Waals surface area contributed by atoms with Gasteiger partial charge >= 0.3 is 5.97 Å². The summed E-state index contributed by atoms with van der Waals surface area (Å²) in [4.78, 5) is 34.6. The van der Waals surface area contributed by atoms with Crippen molar-refractivity contribution in [3.8, 4) is 5.75 Å². The van der Waals surface area contributed by atoms with Gasteiger partial charge in [0.1, 0.15) is 11.8 Å². The number of hydrogen-bond donors (Lipinski definition) is 3. The zero-order valence-corrected chi connectivity index (χ0v) is 11.9. The maximum absolute atomic E-state index is 11.6. The summed E-state index contributed by atoms with van der Waals surface area (Å²) in [5.41, 5.74) is 0.138. The van der Waals surface area contributed by atoms with E-state index in [4.69, 9.17) is 4.74 Å². The van der Waals surface area contributed by atoms with E-state index in [1.54, 1.807) is 6.92 Å². The maximum atomic E-state index is 11.6. The standard InChI is InChI=1S/C14H18N2O5/c1-3-15-13(19)9(2)16-12(18)8-21-14(20)10-5-4-6-11(17)7-10/h4-7,9,17H,3,8H2,1-2H3,(H,15,19)(H,16,18)/t9-/m0/s1. The van der Waals surface area contributed by atoms with Crippen LogP contribution < -0.4 is 10.6 Å². The van der Waals surface area contributed by atoms with E-state index in [1.165, 1.54) is 31.2 Å². The molecule has 0 aliphatic rings. The molecule has 1 aromatic rings. The van der Waals surface area contributed by atoms with Gasteiger partial charge in [-0.2, -0.15) is 0 Å². The Kier molecular flexibility index (Phi) is 6.19. The van der Waals surface area contributed by atoms with Crippen molar-refractivity contribution in [2.24, 2.45) is 0 Å². The molecular formula is C14H18N2O5. The minimum absolute atomic E-state index is 0.0706. The number of rotatable bonds is 6. The van der Waals surface area contributed by atoms with Crippen molar-refractivity contribution >= 4 is 17.8 Å². The van der Waals surface area contributed by atoms with Crippen LogP contribution in [0.2, 0.25) is 0 Å². The fraction of sp³-hybridized carbons (Fsp3) is 0.357. The SMILES string of the molecule is CCNC(=O)[C@H](C)NC(=O)COC(=O)c1cccc(O)c1. The number of hydrogen-bond acceptors (Lipinski definition) is 5. The molecule has 0 spiro atoms. The van der Waals surface area contributed by atoms with E-state index in [0.717, 1.165) is 0 Å². The topological polar surface area (TPSA) is 105 Å². The van der Waals surface area contributed by atoms with E-state index in [9.17, 15) is 19.5 Å². The number of carbonyl (C=O) groups excluding carboxylic acids is 3. The number of carbonyl (C=O) groups is 3. The molecule has 0 heterocycles. The van der Waals surface area contributed by atoms with Crippen LogP contribution in [-0.4, -0.2) is 42.1 Å². The number of phenols is 1. The Morgan fingerprint density at radius 2 is 2.05 bits per heavy atom. The number of ether oxygens (including phenoxy) is 1. The Balaban J connectivity index is 2.42. The summed E-state index contributed by atoms with van der Waals surface area (Å²) in [6, 6.07) is 4.88. The van der Waals surface area contributed by atoms with Crippen molar-refractivity contribution in [3.63, 3.8) is 0 Å². The zero-order chi connectivity index (χ0) is 15.8. The molecule has 1 aromatic carbocycles. The largest absolute Gasteiger partial charge is 0.508 e. The molecule has 21 heavy (non-hydrogen) atoms. The lowest BCUT2D eigenvalue weighted by atomic mass is 10.2. The third kappa shape index (κ3) is 5.52. The van der Waals surface area contributed by atoms with Crippen LogP contribution in [0.25, 0.3) is 0 Å². The Morgan fingerprint density at radius 3 is 2.67 bits per heavy atom. The second-order valence-electron chi connectivity index (χ2n) is 4.31. The monoisotopic (exact) mass is 294 g/mol. The molecule has 0 saturated heterocycles. The van der Waals surface area contributed by atoms with Crippen molar-refractivity contribution in [1.29, 1.82) is 0 Å². The van der Waals surface area contributed by atoms with Crippen LogP contribution in [0, 0.1) is 0 Å². The minimum atomic E-state index is -0.730. The van der Waals surface area contributed by atoms with Gasteiger partial charge in [0, 0.05) is 6.54 Å². The highest BCUT2D eigenvalue weighted by Gasteiger charge is 2.16. The van der Waals surface area contributed by atoms with Gasteiger partial charge in [0.05, 0.1) is 5.56 Å². The first kappa shape index (κ1) is 16.5. The second-order valence-corrected chi connectivity index (χ2v) is 4.31. The minimum Gasteiger partial charge on any atom is -0.508 e. The van der Waals surface area contributed by atoms with Crippen molar-refractivity contribution in [2.45, 2.75) is 19.9 Å². The Morgan fingerprint density at radius 1 is 1.33 bits per heavy atom. The van der Waals surface area contributed by atoms with Crippen LogP contribution >= 0.6 is 0 Å². The summed E-state index contributed by atoms with van der Waals surface area (Å²) in [5, 5.41) is 14.2. The average Bonchev–Trinajstić information content (AvgIpc) is 2.45. The summed E-state index contributed by atoms with van der Waals surface area (Å²) in [6.45, 7) is 3.26. The highest BCUT2D eigenvalue weighted by molar-refractivity contribution is 5.92. The first-order chi connectivity index (χ1) is 9.93. The predicted octanol–water partition coefficient (Wildman–Crippen LogP) is 0.190. The average molecular weight is 294 g/mol. The smallest absolute Gasteiger partial charge is 0.338 e. The molecule has 3 N–H and O–H groups in total. The van der Waals surface area contributed by atoms with Crippen LogP contribution in [0.5, 0.6) is 5.75 Å². The van der Waals surface area contributed by atoms with Crippen LogP contribution in [-0.2, 0) is 14.3 Å². The van der Waals surface area contributed by atoms with Crippen molar-refractivity contribution in [3.05, 3.63) is 29.8 Å². The van der Waals surface area contributed by atoms with Gasteiger partial charge < -0.3 is 20.5 Å². The van der Waals surface area contributed by atoms with E-state index in [2.05, 4.69) is 10.6 Å². The van der Waals surface area contributed by atoms with Crippen molar-refractivity contribution < 1.29 is 24.2 Å². The van der Waals surface area contributed by atoms with Gasteiger partial charge in [-0.05, 0) is 32.0 Å². The highest BCUT2D eigenvalue weighted by atomic mass is 16.5. The number of likely N-dealkylation sites (N-methyl/N-ethyl adjacent to an activating group) is 1. The molecular weight excluding hydrogens is 276 g/mol. The van der Waals surface area contributed by atoms with E-state index >= 15 is 0 Å². The number of esters is 1. The molecule has 114 valence electrons. The zero-order valence-electron chi connectivity index (χ0n) is 11.9. The summed E-state index contributed by atoms with van der Waals surface area (Å²) < 4.78 is 4.79. The van der Waals surface area contributed by atoms with Gasteiger partial charge in [0.2, 0.25) is 5.91 Å². The Hall–Kier alpha value is -2.57. The van der Waals surface area contributed by atoms with E-state index < -0.39 is 24.5 Å². The molecule has 7 heteroatoms. The number of phenolic OH excluding ortho intramolecular Hbond substituents is 1. The van der Waals surface area contributed by atoms with Gasteiger partial charge in [-0.1, -0.05) is 6.07 Å². The number of nitrogens with one attached hydrogen (secondary N) is 2. The second kappa shape index (κ2) is 7.88. The summed E-state index contributed by atoms with van der Waals surface area (Å²) in [7, 11) is 0. The van der Waals surface area contributed by atoms with Gasteiger partial charge in [-0.25, -0.2) is 4.79 Å². The summed E-state index contributed by atoms with van der Waals surface area (Å²) in [5.74, 6) is -1.70. The van der Waals surface area contributed by atoms with Crippen LogP contribution in [0.4, 0.5) is 0 Å². The fourth-order valence-electron chi connectivity index (χ4n) is 1.52. The van der Waals surface area contributed by atoms with Gasteiger partial charge in [-0.15, -0.1) is 0 Å². The molecule has 0 aliphatic heterocycles. The molecule has 7 nitrogen and oxygen atoms in total.